The van der Waals surface area contributed by atoms with Gasteiger partial charge >= 0.3 is 12.2 Å². The van der Waals surface area contributed by atoms with Gasteiger partial charge in [-0.2, -0.15) is 13.2 Å². The molecule has 2 rings (SSSR count). The highest BCUT2D eigenvalue weighted by atomic mass is 32.2. The SMILES string of the molecule is NS(=O)(=O)c1ccc(CCNC(=O)NCc2ccc(COCC(F)(F)F)cc2)cc1. The predicted molar refractivity (Wildman–Crippen MR) is 104 cm³/mol. The maximum absolute atomic E-state index is 12.0. The number of nitrogens with two attached hydrogens (primary N) is 1. The van der Waals surface area contributed by atoms with Crippen molar-refractivity contribution in [3.63, 3.8) is 0 Å². The van der Waals surface area contributed by atoms with Gasteiger partial charge in [-0.3, -0.25) is 0 Å². The van der Waals surface area contributed by atoms with E-state index in [-0.39, 0.29) is 24.1 Å². The molecule has 2 aromatic carbocycles. The summed E-state index contributed by atoms with van der Waals surface area (Å²) < 4.78 is 63.1. The number of primary sulfonamides is 1. The van der Waals surface area contributed by atoms with Crippen LogP contribution in [0.4, 0.5) is 18.0 Å². The van der Waals surface area contributed by atoms with E-state index in [1.165, 1.54) is 12.1 Å². The summed E-state index contributed by atoms with van der Waals surface area (Å²) in [6.07, 6.45) is -3.85. The average Bonchev–Trinajstić information content (AvgIpc) is 2.66. The lowest BCUT2D eigenvalue weighted by molar-refractivity contribution is -0.176. The Morgan fingerprint density at radius 2 is 1.50 bits per heavy atom. The van der Waals surface area contributed by atoms with E-state index in [4.69, 9.17) is 5.14 Å². The van der Waals surface area contributed by atoms with E-state index in [0.29, 0.717) is 18.5 Å². The van der Waals surface area contributed by atoms with E-state index in [1.807, 2.05) is 0 Å². The van der Waals surface area contributed by atoms with Gasteiger partial charge in [0.05, 0.1) is 11.5 Å². The Balaban J connectivity index is 1.68. The first-order valence-electron chi connectivity index (χ1n) is 8.89. The van der Waals surface area contributed by atoms with Crippen LogP contribution in [0, 0.1) is 0 Å². The summed E-state index contributed by atoms with van der Waals surface area (Å²) in [5.74, 6) is 0. The topological polar surface area (TPSA) is 111 Å². The van der Waals surface area contributed by atoms with Crippen LogP contribution >= 0.6 is 0 Å². The molecule has 0 aliphatic carbocycles. The first-order chi connectivity index (χ1) is 14.0. The van der Waals surface area contributed by atoms with Crippen molar-refractivity contribution >= 4 is 16.1 Å². The molecule has 0 fully saturated rings. The molecule has 0 unspecified atom stereocenters. The molecule has 2 aromatic rings. The van der Waals surface area contributed by atoms with Crippen molar-refractivity contribution in [3.05, 3.63) is 65.2 Å². The minimum absolute atomic E-state index is 0.0230. The van der Waals surface area contributed by atoms with Crippen LogP contribution in [0.25, 0.3) is 0 Å². The third-order valence-electron chi connectivity index (χ3n) is 3.96. The second-order valence-corrected chi connectivity index (χ2v) is 8.03. The van der Waals surface area contributed by atoms with Gasteiger partial charge in [0.2, 0.25) is 10.0 Å². The molecule has 0 heterocycles. The Hall–Kier alpha value is -2.63. The normalized spacial score (nSPS) is 11.9. The van der Waals surface area contributed by atoms with Crippen LogP contribution in [-0.2, 0) is 34.3 Å². The molecular formula is C19H22F3N3O4S. The monoisotopic (exact) mass is 445 g/mol. The van der Waals surface area contributed by atoms with E-state index >= 15 is 0 Å². The van der Waals surface area contributed by atoms with Gasteiger partial charge in [0.25, 0.3) is 0 Å². The van der Waals surface area contributed by atoms with Gasteiger partial charge in [-0.05, 0) is 35.2 Å². The molecule has 0 radical (unpaired) electrons. The number of sulfonamides is 1. The summed E-state index contributed by atoms with van der Waals surface area (Å²) in [6, 6.07) is 12.3. The number of amides is 2. The summed E-state index contributed by atoms with van der Waals surface area (Å²) in [7, 11) is -3.73. The van der Waals surface area contributed by atoms with Crippen LogP contribution in [0.1, 0.15) is 16.7 Å². The van der Waals surface area contributed by atoms with Gasteiger partial charge in [0.1, 0.15) is 6.61 Å². The Morgan fingerprint density at radius 3 is 2.07 bits per heavy atom. The third-order valence-corrected chi connectivity index (χ3v) is 4.89. The molecule has 11 heteroatoms. The lowest BCUT2D eigenvalue weighted by atomic mass is 10.1. The fraction of sp³-hybridized carbons (Fsp3) is 0.316. The Bertz CT molecular complexity index is 931. The van der Waals surface area contributed by atoms with Gasteiger partial charge in [-0.25, -0.2) is 18.4 Å². The summed E-state index contributed by atoms with van der Waals surface area (Å²) >= 11 is 0. The average molecular weight is 445 g/mol. The van der Waals surface area contributed by atoms with Crippen LogP contribution in [0.5, 0.6) is 0 Å². The van der Waals surface area contributed by atoms with E-state index in [1.54, 1.807) is 36.4 Å². The van der Waals surface area contributed by atoms with Gasteiger partial charge in [-0.1, -0.05) is 36.4 Å². The van der Waals surface area contributed by atoms with Crippen molar-refractivity contribution < 1.29 is 31.1 Å². The van der Waals surface area contributed by atoms with E-state index < -0.39 is 22.8 Å². The molecule has 0 bridgehead atoms. The number of hydrogen-bond donors (Lipinski definition) is 3. The predicted octanol–water partition coefficient (Wildman–Crippen LogP) is 2.45. The van der Waals surface area contributed by atoms with Crippen LogP contribution in [-0.4, -0.2) is 33.8 Å². The molecule has 30 heavy (non-hydrogen) atoms. The second-order valence-electron chi connectivity index (χ2n) is 6.47. The van der Waals surface area contributed by atoms with Crippen LogP contribution in [0.15, 0.2) is 53.4 Å². The molecule has 7 nitrogen and oxygen atoms in total. The standard InChI is InChI=1S/C19H22F3N3O4S/c20-19(21,22)13-29-12-16-3-1-15(2-4-16)11-25-18(26)24-10-9-14-5-7-17(8-6-14)30(23,27)28/h1-8H,9-13H2,(H2,23,27,28)(H2,24,25,26). The maximum Gasteiger partial charge on any atom is 0.411 e. The summed E-state index contributed by atoms with van der Waals surface area (Å²) in [6.45, 7) is -0.854. The van der Waals surface area contributed by atoms with E-state index in [2.05, 4.69) is 15.4 Å². The lowest BCUT2D eigenvalue weighted by Gasteiger charge is -2.10. The van der Waals surface area contributed by atoms with Gasteiger partial charge < -0.3 is 15.4 Å². The zero-order valence-corrected chi connectivity index (χ0v) is 16.7. The number of rotatable bonds is 9. The molecule has 0 atom stereocenters. The molecule has 0 saturated heterocycles. The highest BCUT2D eigenvalue weighted by Gasteiger charge is 2.27. The zero-order valence-electron chi connectivity index (χ0n) is 15.9. The zero-order chi connectivity index (χ0) is 22.2. The maximum atomic E-state index is 12.0. The Morgan fingerprint density at radius 1 is 0.933 bits per heavy atom. The third kappa shape index (κ3) is 8.80. The van der Waals surface area contributed by atoms with Crippen molar-refractivity contribution in [1.29, 1.82) is 0 Å². The number of carbonyl (C=O) groups excluding carboxylic acids is 1. The van der Waals surface area contributed by atoms with Gasteiger partial charge in [0.15, 0.2) is 0 Å². The minimum Gasteiger partial charge on any atom is -0.367 e. The first kappa shape index (κ1) is 23.6. The number of carbonyl (C=O) groups is 1. The lowest BCUT2D eigenvalue weighted by Crippen LogP contribution is -2.36. The van der Waals surface area contributed by atoms with E-state index in [9.17, 15) is 26.4 Å². The summed E-state index contributed by atoms with van der Waals surface area (Å²) in [5.41, 5.74) is 2.22. The fourth-order valence-electron chi connectivity index (χ4n) is 2.45. The highest BCUT2D eigenvalue weighted by Crippen LogP contribution is 2.16. The number of halogens is 3. The molecule has 0 aliphatic heterocycles. The van der Waals surface area contributed by atoms with Crippen LogP contribution < -0.4 is 15.8 Å². The largest absolute Gasteiger partial charge is 0.411 e. The molecule has 0 saturated carbocycles. The number of urea groups is 1. The van der Waals surface area contributed by atoms with Crippen LogP contribution in [0.3, 0.4) is 0 Å². The van der Waals surface area contributed by atoms with Gasteiger partial charge in [-0.15, -0.1) is 0 Å². The quantitative estimate of drug-likeness (QED) is 0.551. The number of hydrogen-bond acceptors (Lipinski definition) is 4. The fourth-order valence-corrected chi connectivity index (χ4v) is 2.96. The van der Waals surface area contributed by atoms with Crippen LogP contribution in [0.2, 0.25) is 0 Å². The van der Waals surface area contributed by atoms with Crippen molar-refractivity contribution in [1.82, 2.24) is 10.6 Å². The number of alkyl halides is 3. The van der Waals surface area contributed by atoms with Crippen molar-refractivity contribution in [2.45, 2.75) is 30.6 Å². The van der Waals surface area contributed by atoms with E-state index in [0.717, 1.165) is 11.1 Å². The van der Waals surface area contributed by atoms with Gasteiger partial charge in [0, 0.05) is 13.1 Å². The molecule has 2 amide bonds. The molecule has 0 aliphatic rings. The number of ether oxygens (including phenoxy) is 1. The molecule has 0 spiro atoms. The highest BCUT2D eigenvalue weighted by molar-refractivity contribution is 7.89. The summed E-state index contributed by atoms with van der Waals surface area (Å²) in [4.78, 5) is 11.9. The molecular weight excluding hydrogens is 423 g/mol. The minimum atomic E-state index is -4.36. The number of nitrogens with one attached hydrogen (secondary N) is 2. The smallest absolute Gasteiger partial charge is 0.367 e. The number of benzene rings is 2. The summed E-state index contributed by atoms with van der Waals surface area (Å²) in [5, 5.41) is 10.4. The first-order valence-corrected chi connectivity index (χ1v) is 10.4. The molecule has 4 N–H and O–H groups in total. The van der Waals surface area contributed by atoms with Crippen molar-refractivity contribution in [3.8, 4) is 0 Å². The van der Waals surface area contributed by atoms with Crippen molar-refractivity contribution in [2.75, 3.05) is 13.2 Å². The Kier molecular flexibility index (Phi) is 8.21. The Labute approximate surface area is 172 Å². The molecule has 164 valence electrons. The second kappa shape index (κ2) is 10.4. The molecule has 0 aromatic heterocycles. The van der Waals surface area contributed by atoms with Crippen molar-refractivity contribution in [2.24, 2.45) is 5.14 Å².